The lowest BCUT2D eigenvalue weighted by Gasteiger charge is -2.36. The van der Waals surface area contributed by atoms with Crippen LogP contribution in [0.5, 0.6) is 0 Å². The fourth-order valence-electron chi connectivity index (χ4n) is 2.25. The molecular formula is C14H16Cl3NO5S. The number of rotatable bonds is 5. The molecule has 0 amide bonds. The van der Waals surface area contributed by atoms with Gasteiger partial charge in [0.25, 0.3) is 3.79 Å². The van der Waals surface area contributed by atoms with Gasteiger partial charge in [-0.25, -0.2) is 4.79 Å². The first kappa shape index (κ1) is 21.2. The van der Waals surface area contributed by atoms with Crippen LogP contribution in [-0.2, 0) is 23.9 Å². The molecular weight excluding hydrogens is 401 g/mol. The predicted octanol–water partition coefficient (Wildman–Crippen LogP) is 2.13. The Morgan fingerprint density at radius 3 is 2.25 bits per heavy atom. The second-order valence-corrected chi connectivity index (χ2v) is 8.05. The topological polar surface area (TPSA) is 72.9 Å². The molecule has 2 unspecified atom stereocenters. The van der Waals surface area contributed by atoms with E-state index in [1.165, 1.54) is 43.2 Å². The summed E-state index contributed by atoms with van der Waals surface area (Å²) in [7, 11) is 4.04. The van der Waals surface area contributed by atoms with Crippen LogP contribution in [0.1, 0.15) is 0 Å². The van der Waals surface area contributed by atoms with Gasteiger partial charge in [0.05, 0.1) is 25.8 Å². The molecule has 134 valence electrons. The van der Waals surface area contributed by atoms with Crippen LogP contribution in [0.2, 0.25) is 0 Å². The lowest BCUT2D eigenvalue weighted by molar-refractivity contribution is -0.140. The molecule has 1 heterocycles. The zero-order valence-corrected chi connectivity index (χ0v) is 16.4. The number of alkyl halides is 3. The minimum Gasteiger partial charge on any atom is -0.468 e. The van der Waals surface area contributed by atoms with Gasteiger partial charge in [0.2, 0.25) is 5.78 Å². The van der Waals surface area contributed by atoms with Crippen molar-refractivity contribution in [1.82, 2.24) is 4.90 Å². The van der Waals surface area contributed by atoms with Gasteiger partial charge < -0.3 is 14.4 Å². The number of carbonyl (C=O) groups excluding carboxylic acids is 3. The number of Topliss-reactive ketones (excluding diaryl/α,β-unsaturated/α-hetero) is 1. The minimum atomic E-state index is -2.23. The number of thioether (sulfide) groups is 1. The van der Waals surface area contributed by atoms with Crippen LogP contribution in [-0.4, -0.2) is 65.2 Å². The average Bonchev–Trinajstić information content (AvgIpc) is 2.53. The molecule has 0 saturated heterocycles. The van der Waals surface area contributed by atoms with Gasteiger partial charge in [0, 0.05) is 18.8 Å². The monoisotopic (exact) mass is 415 g/mol. The summed E-state index contributed by atoms with van der Waals surface area (Å²) < 4.78 is 7.20. The number of ketones is 1. The van der Waals surface area contributed by atoms with E-state index in [9.17, 15) is 14.4 Å². The molecule has 0 aromatic heterocycles. The fraction of sp³-hybridized carbons (Fsp3) is 0.500. The van der Waals surface area contributed by atoms with Gasteiger partial charge in [-0.1, -0.05) is 34.8 Å². The lowest BCUT2D eigenvalue weighted by Crippen LogP contribution is -2.48. The van der Waals surface area contributed by atoms with Crippen molar-refractivity contribution in [1.29, 1.82) is 0 Å². The first-order valence-corrected chi connectivity index (χ1v) is 8.96. The third kappa shape index (κ3) is 4.59. The molecule has 6 nitrogen and oxygen atoms in total. The number of esters is 2. The Hall–Kier alpha value is -0.890. The summed E-state index contributed by atoms with van der Waals surface area (Å²) in [4.78, 5) is 37.9. The fourth-order valence-corrected chi connectivity index (χ4v) is 3.46. The third-order valence-electron chi connectivity index (χ3n) is 3.33. The Bertz CT molecular complexity index is 600. The number of likely N-dealkylation sites (N-methyl/N-ethyl adjacent to an activating group) is 1. The summed E-state index contributed by atoms with van der Waals surface area (Å²) in [5.74, 6) is -2.03. The molecule has 0 N–H and O–H groups in total. The molecule has 1 aliphatic rings. The summed E-state index contributed by atoms with van der Waals surface area (Å²) in [6.45, 7) is 0. The molecule has 1 aliphatic heterocycles. The van der Waals surface area contributed by atoms with E-state index in [-0.39, 0.29) is 11.1 Å². The van der Waals surface area contributed by atoms with Crippen molar-refractivity contribution in [2.45, 2.75) is 15.1 Å². The van der Waals surface area contributed by atoms with Crippen LogP contribution in [0.3, 0.4) is 0 Å². The van der Waals surface area contributed by atoms with Gasteiger partial charge >= 0.3 is 11.9 Å². The molecule has 1 rings (SSSR count). The molecule has 0 radical (unpaired) electrons. The van der Waals surface area contributed by atoms with Crippen molar-refractivity contribution in [3.63, 3.8) is 0 Å². The Labute approximate surface area is 159 Å². The van der Waals surface area contributed by atoms with E-state index >= 15 is 0 Å². The number of hydrogen-bond acceptors (Lipinski definition) is 7. The number of halogens is 3. The maximum Gasteiger partial charge on any atom is 0.339 e. The van der Waals surface area contributed by atoms with E-state index in [0.717, 1.165) is 0 Å². The maximum atomic E-state index is 12.5. The van der Waals surface area contributed by atoms with Gasteiger partial charge in [0.1, 0.15) is 5.25 Å². The third-order valence-corrected chi connectivity index (χ3v) is 4.80. The number of ether oxygens (including phenoxy) is 2. The number of nitrogens with zero attached hydrogens (tertiary/aromatic N) is 1. The number of methoxy groups -OCH3 is 2. The van der Waals surface area contributed by atoms with Crippen molar-refractivity contribution in [2.75, 3.05) is 27.5 Å². The van der Waals surface area contributed by atoms with Gasteiger partial charge in [-0.3, -0.25) is 9.59 Å². The highest BCUT2D eigenvalue weighted by Crippen LogP contribution is 2.36. The molecule has 0 bridgehead atoms. The van der Waals surface area contributed by atoms with Gasteiger partial charge in [-0.05, 0) is 12.3 Å². The molecule has 10 heteroatoms. The molecule has 0 aromatic rings. The van der Waals surface area contributed by atoms with E-state index < -0.39 is 32.8 Å². The zero-order valence-electron chi connectivity index (χ0n) is 13.3. The highest BCUT2D eigenvalue weighted by molar-refractivity contribution is 8.00. The van der Waals surface area contributed by atoms with Crippen molar-refractivity contribution in [3.05, 3.63) is 23.4 Å². The summed E-state index contributed by atoms with van der Waals surface area (Å²) >= 11 is 18.3. The van der Waals surface area contributed by atoms with Crippen LogP contribution < -0.4 is 0 Å². The summed E-state index contributed by atoms with van der Waals surface area (Å²) in [6.07, 6.45) is 4.41. The summed E-state index contributed by atoms with van der Waals surface area (Å²) in [5.41, 5.74) is 0.101. The number of hydrogen-bond donors (Lipinski definition) is 0. The molecule has 0 saturated carbocycles. The smallest absolute Gasteiger partial charge is 0.339 e. The first-order chi connectivity index (χ1) is 11.1. The highest BCUT2D eigenvalue weighted by Gasteiger charge is 2.44. The Kier molecular flexibility index (Phi) is 7.46. The Morgan fingerprint density at radius 2 is 1.83 bits per heavy atom. The van der Waals surface area contributed by atoms with E-state index in [2.05, 4.69) is 4.74 Å². The first-order valence-electron chi connectivity index (χ1n) is 6.54. The Morgan fingerprint density at radius 1 is 1.25 bits per heavy atom. The van der Waals surface area contributed by atoms with E-state index in [1.54, 1.807) is 13.3 Å². The normalized spacial score (nSPS) is 19.1. The van der Waals surface area contributed by atoms with Crippen molar-refractivity contribution < 1.29 is 23.9 Å². The van der Waals surface area contributed by atoms with Gasteiger partial charge in [-0.15, -0.1) is 11.8 Å². The van der Waals surface area contributed by atoms with Gasteiger partial charge in [0.15, 0.2) is 0 Å². The molecule has 0 spiro atoms. The van der Waals surface area contributed by atoms with E-state index in [0.29, 0.717) is 0 Å². The summed E-state index contributed by atoms with van der Waals surface area (Å²) in [5, 5.41) is -0.766. The maximum absolute atomic E-state index is 12.5. The molecule has 0 fully saturated rings. The molecule has 24 heavy (non-hydrogen) atoms. The van der Waals surface area contributed by atoms with Crippen LogP contribution >= 0.6 is 46.6 Å². The summed E-state index contributed by atoms with van der Waals surface area (Å²) in [6, 6.07) is -0.774. The largest absolute Gasteiger partial charge is 0.468 e. The Balaban J connectivity index is 3.44. The van der Waals surface area contributed by atoms with Crippen molar-refractivity contribution in [3.8, 4) is 0 Å². The van der Waals surface area contributed by atoms with Crippen LogP contribution in [0.15, 0.2) is 23.4 Å². The van der Waals surface area contributed by atoms with Crippen LogP contribution in [0.25, 0.3) is 0 Å². The average molecular weight is 417 g/mol. The zero-order chi connectivity index (χ0) is 18.7. The number of carbonyl (C=O) groups is 3. The standard InChI is InChI=1S/C14H16Cl3NO5S/c1-18-6-7(12(20)22-2)5-8(11(19)14(15,16)17)9(18)10(24-4)13(21)23-3/h5-6,9-10H,1-4H3. The molecule has 0 aromatic carbocycles. The van der Waals surface area contributed by atoms with E-state index in [4.69, 9.17) is 39.5 Å². The highest BCUT2D eigenvalue weighted by atomic mass is 35.6. The van der Waals surface area contributed by atoms with E-state index in [1.807, 2.05) is 0 Å². The second-order valence-electron chi connectivity index (χ2n) is 4.79. The van der Waals surface area contributed by atoms with Crippen molar-refractivity contribution >= 4 is 64.3 Å². The van der Waals surface area contributed by atoms with Crippen LogP contribution in [0.4, 0.5) is 0 Å². The van der Waals surface area contributed by atoms with Gasteiger partial charge in [-0.2, -0.15) is 0 Å². The van der Waals surface area contributed by atoms with Crippen molar-refractivity contribution in [2.24, 2.45) is 0 Å². The minimum absolute atomic E-state index is 0.00477. The molecule has 2 atom stereocenters. The predicted molar refractivity (Wildman–Crippen MR) is 94.3 cm³/mol. The SMILES string of the molecule is COC(=O)C1=CN(C)C(C(SC)C(=O)OC)C(C(=O)C(Cl)(Cl)Cl)=C1. The quantitative estimate of drug-likeness (QED) is 0.502. The van der Waals surface area contributed by atoms with Crippen LogP contribution in [0, 0.1) is 0 Å². The lowest BCUT2D eigenvalue weighted by atomic mass is 9.93. The molecule has 0 aliphatic carbocycles. The second kappa shape index (κ2) is 8.47.